The zero-order valence-corrected chi connectivity index (χ0v) is 18.1. The SMILES string of the molecule is C=CCOc1ccc(C(=O)NN2C(=O)c3ccccc3N[C@@H]2c2cccc(Br)c2)cc1. The molecule has 1 heterocycles. The van der Waals surface area contributed by atoms with E-state index in [2.05, 4.69) is 33.3 Å². The van der Waals surface area contributed by atoms with E-state index in [1.165, 1.54) is 5.01 Å². The number of fused-ring (bicyclic) bond motifs is 1. The monoisotopic (exact) mass is 477 g/mol. The summed E-state index contributed by atoms with van der Waals surface area (Å²) in [6, 6.07) is 21.5. The topological polar surface area (TPSA) is 70.7 Å². The molecule has 0 fully saturated rings. The molecule has 1 aliphatic heterocycles. The zero-order valence-electron chi connectivity index (χ0n) is 16.5. The lowest BCUT2D eigenvalue weighted by atomic mass is 10.0. The Bertz CT molecular complexity index is 1130. The second kappa shape index (κ2) is 9.06. The molecule has 0 aromatic heterocycles. The van der Waals surface area contributed by atoms with Crippen molar-refractivity contribution in [1.82, 2.24) is 10.4 Å². The van der Waals surface area contributed by atoms with E-state index in [0.29, 0.717) is 29.2 Å². The Balaban J connectivity index is 1.62. The molecule has 3 aromatic rings. The predicted molar refractivity (Wildman–Crippen MR) is 123 cm³/mol. The maximum absolute atomic E-state index is 13.3. The van der Waals surface area contributed by atoms with Crippen molar-refractivity contribution >= 4 is 33.4 Å². The van der Waals surface area contributed by atoms with Crippen molar-refractivity contribution in [2.75, 3.05) is 11.9 Å². The van der Waals surface area contributed by atoms with Gasteiger partial charge in [0.05, 0.1) is 5.56 Å². The quantitative estimate of drug-likeness (QED) is 0.494. The van der Waals surface area contributed by atoms with Crippen LogP contribution in [0.1, 0.15) is 32.4 Å². The number of para-hydroxylation sites is 1. The van der Waals surface area contributed by atoms with Crippen LogP contribution in [0.15, 0.2) is 89.9 Å². The molecule has 0 spiro atoms. The molecule has 3 aromatic carbocycles. The largest absolute Gasteiger partial charge is 0.490 e. The maximum Gasteiger partial charge on any atom is 0.276 e. The number of benzene rings is 3. The number of nitrogens with zero attached hydrogens (tertiary/aromatic N) is 1. The smallest absolute Gasteiger partial charge is 0.276 e. The van der Waals surface area contributed by atoms with Crippen LogP contribution in [0, 0.1) is 0 Å². The normalized spacial score (nSPS) is 14.9. The molecular formula is C24H20BrN3O3. The van der Waals surface area contributed by atoms with Crippen molar-refractivity contribution in [1.29, 1.82) is 0 Å². The average molecular weight is 478 g/mol. The number of carbonyl (C=O) groups excluding carboxylic acids is 2. The van der Waals surface area contributed by atoms with E-state index in [9.17, 15) is 9.59 Å². The molecule has 6 nitrogen and oxygen atoms in total. The lowest BCUT2D eigenvalue weighted by Crippen LogP contribution is -2.52. The molecule has 1 aliphatic rings. The van der Waals surface area contributed by atoms with Gasteiger partial charge in [-0.3, -0.25) is 15.0 Å². The average Bonchev–Trinajstić information content (AvgIpc) is 2.79. The van der Waals surface area contributed by atoms with Crippen LogP contribution < -0.4 is 15.5 Å². The molecule has 31 heavy (non-hydrogen) atoms. The van der Waals surface area contributed by atoms with Gasteiger partial charge in [0.25, 0.3) is 11.8 Å². The summed E-state index contributed by atoms with van der Waals surface area (Å²) in [6.45, 7) is 3.99. The number of halogens is 1. The summed E-state index contributed by atoms with van der Waals surface area (Å²) in [5.74, 6) is -0.0588. The van der Waals surface area contributed by atoms with E-state index in [1.54, 1.807) is 42.5 Å². The number of hydrogen-bond donors (Lipinski definition) is 2. The Morgan fingerprint density at radius 2 is 1.90 bits per heavy atom. The van der Waals surface area contributed by atoms with Gasteiger partial charge in [0.2, 0.25) is 0 Å². The number of carbonyl (C=O) groups is 2. The lowest BCUT2D eigenvalue weighted by Gasteiger charge is -2.37. The van der Waals surface area contributed by atoms with E-state index < -0.39 is 12.1 Å². The number of nitrogens with one attached hydrogen (secondary N) is 2. The maximum atomic E-state index is 13.3. The van der Waals surface area contributed by atoms with Crippen molar-refractivity contribution in [2.45, 2.75) is 6.17 Å². The van der Waals surface area contributed by atoms with Crippen LogP contribution in [0.3, 0.4) is 0 Å². The summed E-state index contributed by atoms with van der Waals surface area (Å²) in [5.41, 5.74) is 5.20. The Labute approximate surface area is 188 Å². The first-order chi connectivity index (χ1) is 15.1. The molecular weight excluding hydrogens is 458 g/mol. The molecule has 156 valence electrons. The fourth-order valence-corrected chi connectivity index (χ4v) is 3.73. The van der Waals surface area contributed by atoms with Gasteiger partial charge in [-0.05, 0) is 54.1 Å². The summed E-state index contributed by atoms with van der Waals surface area (Å²) in [6.07, 6.45) is 1.08. The van der Waals surface area contributed by atoms with Gasteiger partial charge in [-0.2, -0.15) is 0 Å². The van der Waals surface area contributed by atoms with Gasteiger partial charge in [-0.15, -0.1) is 0 Å². The highest BCUT2D eigenvalue weighted by molar-refractivity contribution is 9.10. The van der Waals surface area contributed by atoms with E-state index in [0.717, 1.165) is 10.0 Å². The number of ether oxygens (including phenoxy) is 1. The Hall–Kier alpha value is -3.58. The molecule has 0 unspecified atom stereocenters. The van der Waals surface area contributed by atoms with E-state index in [-0.39, 0.29) is 5.91 Å². The minimum atomic E-state index is -0.570. The van der Waals surface area contributed by atoms with E-state index in [4.69, 9.17) is 4.74 Å². The highest BCUT2D eigenvalue weighted by Crippen LogP contribution is 2.32. The van der Waals surface area contributed by atoms with Gasteiger partial charge in [-0.25, -0.2) is 5.01 Å². The molecule has 0 aliphatic carbocycles. The van der Waals surface area contributed by atoms with Crippen LogP contribution in [0.2, 0.25) is 0 Å². The van der Waals surface area contributed by atoms with Gasteiger partial charge in [0.15, 0.2) is 0 Å². The van der Waals surface area contributed by atoms with Crippen LogP contribution in [0.25, 0.3) is 0 Å². The second-order valence-electron chi connectivity index (χ2n) is 6.89. The molecule has 0 saturated heterocycles. The number of anilines is 1. The number of amides is 2. The summed E-state index contributed by atoms with van der Waals surface area (Å²) in [7, 11) is 0. The number of hydrogen-bond acceptors (Lipinski definition) is 4. The van der Waals surface area contributed by atoms with Crippen molar-refractivity contribution in [3.63, 3.8) is 0 Å². The van der Waals surface area contributed by atoms with Gasteiger partial charge in [0, 0.05) is 15.7 Å². The molecule has 0 radical (unpaired) electrons. The molecule has 2 N–H and O–H groups in total. The minimum Gasteiger partial charge on any atom is -0.490 e. The third-order valence-electron chi connectivity index (χ3n) is 4.80. The van der Waals surface area contributed by atoms with Crippen molar-refractivity contribution in [2.24, 2.45) is 0 Å². The van der Waals surface area contributed by atoms with E-state index >= 15 is 0 Å². The Morgan fingerprint density at radius 1 is 1.13 bits per heavy atom. The zero-order chi connectivity index (χ0) is 21.8. The van der Waals surface area contributed by atoms with Crippen LogP contribution in [0.4, 0.5) is 5.69 Å². The summed E-state index contributed by atoms with van der Waals surface area (Å²) < 4.78 is 6.33. The van der Waals surface area contributed by atoms with E-state index in [1.807, 2.05) is 36.4 Å². The number of rotatable bonds is 6. The highest BCUT2D eigenvalue weighted by atomic mass is 79.9. The van der Waals surface area contributed by atoms with Crippen LogP contribution in [0.5, 0.6) is 5.75 Å². The molecule has 0 saturated carbocycles. The third kappa shape index (κ3) is 4.46. The van der Waals surface area contributed by atoms with Gasteiger partial charge in [0.1, 0.15) is 18.5 Å². The molecule has 0 bridgehead atoms. The Kier molecular flexibility index (Phi) is 6.04. The van der Waals surface area contributed by atoms with Crippen LogP contribution in [-0.4, -0.2) is 23.4 Å². The summed E-state index contributed by atoms with van der Waals surface area (Å²) >= 11 is 3.47. The summed E-state index contributed by atoms with van der Waals surface area (Å²) in [4.78, 5) is 26.2. The van der Waals surface area contributed by atoms with Gasteiger partial charge in [-0.1, -0.05) is 52.9 Å². The minimum absolute atomic E-state index is 0.293. The molecule has 1 atom stereocenters. The molecule has 4 rings (SSSR count). The first-order valence-corrected chi connectivity index (χ1v) is 10.5. The molecule has 7 heteroatoms. The fraction of sp³-hybridized carbons (Fsp3) is 0.0833. The molecule has 2 amide bonds. The van der Waals surface area contributed by atoms with Crippen molar-refractivity contribution in [3.8, 4) is 5.75 Å². The Morgan fingerprint density at radius 3 is 2.65 bits per heavy atom. The van der Waals surface area contributed by atoms with Crippen LogP contribution >= 0.6 is 15.9 Å². The van der Waals surface area contributed by atoms with Crippen molar-refractivity contribution < 1.29 is 14.3 Å². The van der Waals surface area contributed by atoms with Crippen molar-refractivity contribution in [3.05, 3.63) is 107 Å². The third-order valence-corrected chi connectivity index (χ3v) is 5.29. The highest BCUT2D eigenvalue weighted by Gasteiger charge is 2.34. The van der Waals surface area contributed by atoms with Gasteiger partial charge >= 0.3 is 0 Å². The first-order valence-electron chi connectivity index (χ1n) is 9.66. The summed E-state index contributed by atoms with van der Waals surface area (Å²) in [5, 5.41) is 4.68. The second-order valence-corrected chi connectivity index (χ2v) is 7.80. The lowest BCUT2D eigenvalue weighted by molar-refractivity contribution is 0.0491. The van der Waals surface area contributed by atoms with Gasteiger partial charge < -0.3 is 10.1 Å². The fourth-order valence-electron chi connectivity index (χ4n) is 3.31. The predicted octanol–water partition coefficient (Wildman–Crippen LogP) is 4.93. The number of hydrazine groups is 1. The first kappa shape index (κ1) is 20.7. The standard InChI is InChI=1S/C24H20BrN3O3/c1-2-14-31-19-12-10-16(11-13-19)23(29)27-28-22(17-6-5-7-18(25)15-17)26-21-9-4-3-8-20(21)24(28)30/h2-13,15,22,26H,1,14H2,(H,27,29)/t22-/m0/s1. The van der Waals surface area contributed by atoms with Crippen LogP contribution in [-0.2, 0) is 0 Å².